The first-order valence-corrected chi connectivity index (χ1v) is 6.66. The van der Waals surface area contributed by atoms with Crippen molar-refractivity contribution in [1.29, 1.82) is 0 Å². The Hall–Kier alpha value is -0.320. The van der Waals surface area contributed by atoms with Crippen LogP contribution in [0.4, 0.5) is 0 Å². The van der Waals surface area contributed by atoms with Gasteiger partial charge in [0.2, 0.25) is 0 Å². The lowest BCUT2D eigenvalue weighted by Crippen LogP contribution is -2.55. The third kappa shape index (κ3) is 3.66. The standard InChI is InChI=1S/C12H22O8/c1-17-10-9(15)8(14)5-19-12(10)18-4-6-2-3-7(13)11(16)20-6/h6-16H,2-5H2,1H3/t6-,7+,8+,9?,10+,11?,12+/m0/s1. The molecule has 7 atom stereocenters. The van der Waals surface area contributed by atoms with Crippen LogP contribution >= 0.6 is 0 Å². The van der Waals surface area contributed by atoms with Gasteiger partial charge in [0.25, 0.3) is 0 Å². The van der Waals surface area contributed by atoms with Crippen LogP contribution in [0.15, 0.2) is 0 Å². The van der Waals surface area contributed by atoms with E-state index in [1.165, 1.54) is 7.11 Å². The molecule has 0 bridgehead atoms. The van der Waals surface area contributed by atoms with Crippen LogP contribution in [0.1, 0.15) is 12.8 Å². The molecule has 2 aliphatic heterocycles. The number of aliphatic hydroxyl groups excluding tert-OH is 4. The highest BCUT2D eigenvalue weighted by atomic mass is 16.7. The van der Waals surface area contributed by atoms with Gasteiger partial charge in [-0.25, -0.2) is 0 Å². The number of aliphatic hydroxyl groups is 4. The monoisotopic (exact) mass is 294 g/mol. The fraction of sp³-hybridized carbons (Fsp3) is 1.00. The van der Waals surface area contributed by atoms with Crippen LogP contribution in [0.3, 0.4) is 0 Å². The van der Waals surface area contributed by atoms with Gasteiger partial charge in [-0.1, -0.05) is 0 Å². The van der Waals surface area contributed by atoms with Crippen molar-refractivity contribution < 1.29 is 39.4 Å². The normalized spacial score (nSPS) is 46.4. The zero-order valence-electron chi connectivity index (χ0n) is 11.3. The second kappa shape index (κ2) is 7.10. The molecule has 0 aromatic rings. The van der Waals surface area contributed by atoms with Gasteiger partial charge >= 0.3 is 0 Å². The first kappa shape index (κ1) is 16.1. The Labute approximate surface area is 116 Å². The van der Waals surface area contributed by atoms with Crippen LogP contribution in [0, 0.1) is 0 Å². The molecule has 8 nitrogen and oxygen atoms in total. The van der Waals surface area contributed by atoms with Gasteiger partial charge in [-0.15, -0.1) is 0 Å². The van der Waals surface area contributed by atoms with Gasteiger partial charge in [-0.2, -0.15) is 0 Å². The van der Waals surface area contributed by atoms with Crippen LogP contribution in [-0.2, 0) is 18.9 Å². The molecule has 0 aliphatic carbocycles. The number of ether oxygens (including phenoxy) is 4. The van der Waals surface area contributed by atoms with E-state index in [-0.39, 0.29) is 19.3 Å². The van der Waals surface area contributed by atoms with E-state index in [9.17, 15) is 20.4 Å². The Morgan fingerprint density at radius 2 is 1.85 bits per heavy atom. The van der Waals surface area contributed by atoms with Crippen molar-refractivity contribution in [3.8, 4) is 0 Å². The minimum absolute atomic E-state index is 0.0431. The molecular formula is C12H22O8. The smallest absolute Gasteiger partial charge is 0.186 e. The summed E-state index contributed by atoms with van der Waals surface area (Å²) in [5.41, 5.74) is 0. The van der Waals surface area contributed by atoms with Gasteiger partial charge in [0.05, 0.1) is 19.3 Å². The molecule has 2 unspecified atom stereocenters. The Balaban J connectivity index is 1.81. The van der Waals surface area contributed by atoms with Crippen molar-refractivity contribution in [2.24, 2.45) is 0 Å². The van der Waals surface area contributed by atoms with Gasteiger partial charge < -0.3 is 39.4 Å². The summed E-state index contributed by atoms with van der Waals surface area (Å²) in [6.07, 6.45) is -5.18. The summed E-state index contributed by atoms with van der Waals surface area (Å²) in [7, 11) is 1.39. The van der Waals surface area contributed by atoms with Gasteiger partial charge in [-0.3, -0.25) is 0 Å². The fourth-order valence-corrected chi connectivity index (χ4v) is 2.34. The van der Waals surface area contributed by atoms with E-state index < -0.39 is 37.0 Å². The summed E-state index contributed by atoms with van der Waals surface area (Å²) in [5, 5.41) is 38.0. The molecule has 118 valence electrons. The van der Waals surface area contributed by atoms with Gasteiger partial charge in [-0.05, 0) is 12.8 Å². The third-order valence-electron chi connectivity index (χ3n) is 3.59. The van der Waals surface area contributed by atoms with Crippen molar-refractivity contribution in [3.05, 3.63) is 0 Å². The molecule has 2 fully saturated rings. The number of methoxy groups -OCH3 is 1. The Morgan fingerprint density at radius 1 is 1.10 bits per heavy atom. The lowest BCUT2D eigenvalue weighted by molar-refractivity contribution is -0.291. The molecule has 2 aliphatic rings. The van der Waals surface area contributed by atoms with E-state index >= 15 is 0 Å². The Bertz CT molecular complexity index is 301. The average Bonchev–Trinajstić information content (AvgIpc) is 2.44. The number of rotatable bonds is 4. The fourth-order valence-electron chi connectivity index (χ4n) is 2.34. The quantitative estimate of drug-likeness (QED) is 0.468. The molecule has 0 radical (unpaired) electrons. The maximum Gasteiger partial charge on any atom is 0.186 e. The van der Waals surface area contributed by atoms with Crippen LogP contribution in [0.25, 0.3) is 0 Å². The molecule has 0 aromatic heterocycles. The van der Waals surface area contributed by atoms with E-state index in [2.05, 4.69) is 0 Å². The van der Waals surface area contributed by atoms with Gasteiger partial charge in [0.15, 0.2) is 12.6 Å². The summed E-state index contributed by atoms with van der Waals surface area (Å²) < 4.78 is 21.0. The zero-order valence-corrected chi connectivity index (χ0v) is 11.3. The second-order valence-corrected chi connectivity index (χ2v) is 5.09. The number of hydrogen-bond donors (Lipinski definition) is 4. The number of hydrogen-bond acceptors (Lipinski definition) is 8. The van der Waals surface area contributed by atoms with Gasteiger partial charge in [0, 0.05) is 7.11 Å². The molecule has 8 heteroatoms. The van der Waals surface area contributed by atoms with Crippen LogP contribution < -0.4 is 0 Å². The summed E-state index contributed by atoms with van der Waals surface area (Å²) in [4.78, 5) is 0. The summed E-state index contributed by atoms with van der Waals surface area (Å²) in [6, 6.07) is 0. The van der Waals surface area contributed by atoms with Crippen LogP contribution in [0.5, 0.6) is 0 Å². The van der Waals surface area contributed by atoms with Crippen molar-refractivity contribution >= 4 is 0 Å². The minimum Gasteiger partial charge on any atom is -0.388 e. The largest absolute Gasteiger partial charge is 0.388 e. The molecule has 4 N–H and O–H groups in total. The highest BCUT2D eigenvalue weighted by molar-refractivity contribution is 4.84. The molecule has 20 heavy (non-hydrogen) atoms. The molecule has 0 spiro atoms. The van der Waals surface area contributed by atoms with Crippen molar-refractivity contribution in [2.45, 2.75) is 55.9 Å². The summed E-state index contributed by atoms with van der Waals surface area (Å²) in [6.45, 7) is 0.0929. The molecular weight excluding hydrogens is 272 g/mol. The van der Waals surface area contributed by atoms with E-state index in [0.29, 0.717) is 12.8 Å². The lowest BCUT2D eigenvalue weighted by Gasteiger charge is -2.38. The van der Waals surface area contributed by atoms with Crippen molar-refractivity contribution in [3.63, 3.8) is 0 Å². The van der Waals surface area contributed by atoms with Crippen LogP contribution in [-0.4, -0.2) is 83.8 Å². The Kier molecular flexibility index (Phi) is 5.70. The predicted molar refractivity (Wildman–Crippen MR) is 64.6 cm³/mol. The SMILES string of the molecule is CO[C@@H]1C(O)[C@H](O)CO[C@H]1OC[C@@H]1CC[C@@H](O)C(O)O1. The average molecular weight is 294 g/mol. The minimum atomic E-state index is -1.21. The third-order valence-corrected chi connectivity index (χ3v) is 3.59. The molecule has 0 aromatic carbocycles. The Morgan fingerprint density at radius 3 is 2.50 bits per heavy atom. The van der Waals surface area contributed by atoms with Crippen molar-refractivity contribution in [2.75, 3.05) is 20.3 Å². The molecule has 0 amide bonds. The lowest BCUT2D eigenvalue weighted by atomic mass is 10.0. The molecule has 2 heterocycles. The van der Waals surface area contributed by atoms with Gasteiger partial charge in [0.1, 0.15) is 24.4 Å². The maximum atomic E-state index is 9.78. The predicted octanol–water partition coefficient (Wildman–Crippen LogP) is -2.05. The van der Waals surface area contributed by atoms with E-state index in [1.54, 1.807) is 0 Å². The van der Waals surface area contributed by atoms with Crippen LogP contribution in [0.2, 0.25) is 0 Å². The zero-order chi connectivity index (χ0) is 14.7. The highest BCUT2D eigenvalue weighted by Gasteiger charge is 2.40. The topological polar surface area (TPSA) is 118 Å². The van der Waals surface area contributed by atoms with Crippen molar-refractivity contribution in [1.82, 2.24) is 0 Å². The molecule has 2 saturated heterocycles. The maximum absolute atomic E-state index is 9.78. The first-order valence-electron chi connectivity index (χ1n) is 6.66. The van der Waals surface area contributed by atoms with E-state index in [0.717, 1.165) is 0 Å². The van der Waals surface area contributed by atoms with E-state index in [1.807, 2.05) is 0 Å². The summed E-state index contributed by atoms with van der Waals surface area (Å²) >= 11 is 0. The summed E-state index contributed by atoms with van der Waals surface area (Å²) in [5.74, 6) is 0. The molecule has 2 rings (SSSR count). The molecule has 0 saturated carbocycles. The first-order chi connectivity index (χ1) is 9.52. The van der Waals surface area contributed by atoms with E-state index in [4.69, 9.17) is 18.9 Å². The second-order valence-electron chi connectivity index (χ2n) is 5.09. The highest BCUT2D eigenvalue weighted by Crippen LogP contribution is 2.22.